The van der Waals surface area contributed by atoms with Gasteiger partial charge in [-0.25, -0.2) is 16.8 Å². The van der Waals surface area contributed by atoms with Gasteiger partial charge in [0.1, 0.15) is 0 Å². The quantitative estimate of drug-likeness (QED) is 0.777. The van der Waals surface area contributed by atoms with Crippen LogP contribution in [0.25, 0.3) is 0 Å². The third kappa shape index (κ3) is 4.85. The Balaban J connectivity index is 1.84. The molecule has 1 aliphatic heterocycles. The minimum absolute atomic E-state index is 0.138. The highest BCUT2D eigenvalue weighted by Crippen LogP contribution is 2.25. The van der Waals surface area contributed by atoms with Crippen LogP contribution in [0.2, 0.25) is 0 Å². The zero-order valence-electron chi connectivity index (χ0n) is 16.4. The molecule has 1 aliphatic rings. The van der Waals surface area contributed by atoms with Crippen molar-refractivity contribution in [1.29, 1.82) is 0 Å². The SMILES string of the molecule is Cc1ccc(C(=O)Nc2ccc(S(C)(=O)=O)cc2)cc1S(=O)(=O)N1CCCCC1. The predicted octanol–water partition coefficient (Wildman–Crippen LogP) is 2.83. The van der Waals surface area contributed by atoms with Gasteiger partial charge in [0, 0.05) is 30.6 Å². The molecule has 1 saturated heterocycles. The summed E-state index contributed by atoms with van der Waals surface area (Å²) in [4.78, 5) is 12.9. The van der Waals surface area contributed by atoms with E-state index in [2.05, 4.69) is 5.32 Å². The van der Waals surface area contributed by atoms with E-state index >= 15 is 0 Å². The average Bonchev–Trinajstić information content (AvgIpc) is 2.68. The fraction of sp³-hybridized carbons (Fsp3) is 0.350. The lowest BCUT2D eigenvalue weighted by Gasteiger charge is -2.26. The Hall–Kier alpha value is -2.23. The number of nitrogens with zero attached hydrogens (tertiary/aromatic N) is 1. The first kappa shape index (κ1) is 21.5. The van der Waals surface area contributed by atoms with E-state index < -0.39 is 25.8 Å². The Labute approximate surface area is 171 Å². The maximum atomic E-state index is 13.0. The highest BCUT2D eigenvalue weighted by atomic mass is 32.2. The summed E-state index contributed by atoms with van der Waals surface area (Å²) >= 11 is 0. The van der Waals surface area contributed by atoms with Crippen molar-refractivity contribution < 1.29 is 21.6 Å². The first-order valence-electron chi connectivity index (χ1n) is 9.31. The molecule has 0 bridgehead atoms. The van der Waals surface area contributed by atoms with Crippen LogP contribution in [0, 0.1) is 6.92 Å². The number of benzene rings is 2. The second-order valence-corrected chi connectivity index (χ2v) is 11.1. The third-order valence-corrected chi connectivity index (χ3v) is 8.09. The summed E-state index contributed by atoms with van der Waals surface area (Å²) in [6, 6.07) is 10.4. The molecule has 1 heterocycles. The normalized spacial score (nSPS) is 15.8. The number of sulfonamides is 1. The molecule has 0 radical (unpaired) electrons. The lowest BCUT2D eigenvalue weighted by atomic mass is 10.1. The lowest BCUT2D eigenvalue weighted by molar-refractivity contribution is 0.102. The molecule has 0 aliphatic carbocycles. The Kier molecular flexibility index (Phi) is 6.11. The number of anilines is 1. The summed E-state index contributed by atoms with van der Waals surface area (Å²) in [5, 5.41) is 2.67. The van der Waals surface area contributed by atoms with Crippen LogP contribution in [0.15, 0.2) is 52.3 Å². The third-order valence-electron chi connectivity index (χ3n) is 4.92. The fourth-order valence-corrected chi connectivity index (χ4v) is 5.65. The molecular formula is C20H24N2O5S2. The van der Waals surface area contributed by atoms with Gasteiger partial charge in [-0.1, -0.05) is 12.5 Å². The zero-order chi connectivity index (χ0) is 21.2. The number of carbonyl (C=O) groups excluding carboxylic acids is 1. The first-order valence-corrected chi connectivity index (χ1v) is 12.6. The van der Waals surface area contributed by atoms with Gasteiger partial charge in [-0.2, -0.15) is 4.31 Å². The van der Waals surface area contributed by atoms with Crippen molar-refractivity contribution in [1.82, 2.24) is 4.31 Å². The van der Waals surface area contributed by atoms with Gasteiger partial charge in [-0.3, -0.25) is 4.79 Å². The summed E-state index contributed by atoms with van der Waals surface area (Å²) in [7, 11) is -6.98. The highest BCUT2D eigenvalue weighted by molar-refractivity contribution is 7.90. The van der Waals surface area contributed by atoms with E-state index in [1.165, 1.54) is 34.6 Å². The van der Waals surface area contributed by atoms with E-state index in [9.17, 15) is 21.6 Å². The van der Waals surface area contributed by atoms with Gasteiger partial charge in [0.25, 0.3) is 5.91 Å². The average molecular weight is 437 g/mol. The van der Waals surface area contributed by atoms with Crippen LogP contribution in [0.4, 0.5) is 5.69 Å². The van der Waals surface area contributed by atoms with Gasteiger partial charge < -0.3 is 5.32 Å². The standard InChI is InChI=1S/C20H24N2O5S2/c1-15-6-7-16(14-19(15)29(26,27)22-12-4-3-5-13-22)20(23)21-17-8-10-18(11-9-17)28(2,24)25/h6-11,14H,3-5,12-13H2,1-2H3,(H,21,23). The highest BCUT2D eigenvalue weighted by Gasteiger charge is 2.28. The molecule has 1 N–H and O–H groups in total. The molecule has 0 spiro atoms. The van der Waals surface area contributed by atoms with Gasteiger partial charge in [0.15, 0.2) is 9.84 Å². The molecule has 3 rings (SSSR count). The van der Waals surface area contributed by atoms with E-state index in [1.54, 1.807) is 19.1 Å². The van der Waals surface area contributed by atoms with Crippen molar-refractivity contribution in [3.8, 4) is 0 Å². The fourth-order valence-electron chi connectivity index (χ4n) is 3.25. The minimum Gasteiger partial charge on any atom is -0.322 e. The molecule has 156 valence electrons. The van der Waals surface area contributed by atoms with Crippen molar-refractivity contribution in [2.45, 2.75) is 36.0 Å². The number of hydrogen-bond donors (Lipinski definition) is 1. The van der Waals surface area contributed by atoms with Crippen molar-refractivity contribution in [3.63, 3.8) is 0 Å². The van der Waals surface area contributed by atoms with Crippen LogP contribution in [0.3, 0.4) is 0 Å². The van der Waals surface area contributed by atoms with Crippen LogP contribution >= 0.6 is 0 Å². The van der Waals surface area contributed by atoms with E-state index in [4.69, 9.17) is 0 Å². The first-order chi connectivity index (χ1) is 13.6. The van der Waals surface area contributed by atoms with Crippen molar-refractivity contribution in [2.24, 2.45) is 0 Å². The van der Waals surface area contributed by atoms with Crippen LogP contribution in [0.1, 0.15) is 35.2 Å². The molecule has 29 heavy (non-hydrogen) atoms. The number of amides is 1. The van der Waals surface area contributed by atoms with Crippen LogP contribution in [0.5, 0.6) is 0 Å². The molecule has 0 atom stereocenters. The summed E-state index contributed by atoms with van der Waals surface area (Å²) in [5.74, 6) is -0.466. The second-order valence-electron chi connectivity index (χ2n) is 7.20. The monoisotopic (exact) mass is 436 g/mol. The number of aryl methyl sites for hydroxylation is 1. The van der Waals surface area contributed by atoms with Crippen molar-refractivity contribution in [2.75, 3.05) is 24.7 Å². The minimum atomic E-state index is -3.66. The number of rotatable bonds is 5. The van der Waals surface area contributed by atoms with Crippen LogP contribution < -0.4 is 5.32 Å². The smallest absolute Gasteiger partial charge is 0.255 e. The lowest BCUT2D eigenvalue weighted by Crippen LogP contribution is -2.36. The molecule has 7 nitrogen and oxygen atoms in total. The maximum absolute atomic E-state index is 13.0. The molecular weight excluding hydrogens is 412 g/mol. The zero-order valence-corrected chi connectivity index (χ0v) is 18.0. The summed E-state index contributed by atoms with van der Waals surface area (Å²) in [6.07, 6.45) is 3.80. The topological polar surface area (TPSA) is 101 Å². The Morgan fingerprint density at radius 1 is 0.931 bits per heavy atom. The molecule has 2 aromatic rings. The number of sulfone groups is 1. The van der Waals surface area contributed by atoms with E-state index in [1.807, 2.05) is 0 Å². The van der Waals surface area contributed by atoms with Crippen LogP contribution in [-0.4, -0.2) is 46.4 Å². The summed E-state index contributed by atoms with van der Waals surface area (Å²) in [6.45, 7) is 2.69. The number of nitrogens with one attached hydrogen (secondary N) is 1. The number of hydrogen-bond acceptors (Lipinski definition) is 5. The number of piperidine rings is 1. The molecule has 9 heteroatoms. The summed E-state index contributed by atoms with van der Waals surface area (Å²) in [5.41, 5.74) is 1.23. The molecule has 0 saturated carbocycles. The Morgan fingerprint density at radius 3 is 2.14 bits per heavy atom. The van der Waals surface area contributed by atoms with E-state index in [-0.39, 0.29) is 15.4 Å². The molecule has 0 aromatic heterocycles. The Bertz CT molecular complexity index is 1120. The van der Waals surface area contributed by atoms with Gasteiger partial charge in [0.2, 0.25) is 10.0 Å². The van der Waals surface area contributed by atoms with Crippen LogP contribution in [-0.2, 0) is 19.9 Å². The molecule has 0 unspecified atom stereocenters. The molecule has 2 aromatic carbocycles. The molecule has 1 fully saturated rings. The Morgan fingerprint density at radius 2 is 1.55 bits per heavy atom. The van der Waals surface area contributed by atoms with Gasteiger partial charge >= 0.3 is 0 Å². The number of carbonyl (C=O) groups is 1. The van der Waals surface area contributed by atoms with E-state index in [0.29, 0.717) is 24.3 Å². The largest absolute Gasteiger partial charge is 0.322 e. The van der Waals surface area contributed by atoms with Gasteiger partial charge in [-0.05, 0) is 61.7 Å². The predicted molar refractivity (Wildman–Crippen MR) is 111 cm³/mol. The van der Waals surface area contributed by atoms with Crippen molar-refractivity contribution in [3.05, 3.63) is 53.6 Å². The van der Waals surface area contributed by atoms with Gasteiger partial charge in [0.05, 0.1) is 9.79 Å². The van der Waals surface area contributed by atoms with E-state index in [0.717, 1.165) is 25.5 Å². The second kappa shape index (κ2) is 8.25. The maximum Gasteiger partial charge on any atom is 0.255 e. The molecule has 1 amide bonds. The van der Waals surface area contributed by atoms with Crippen molar-refractivity contribution >= 4 is 31.5 Å². The van der Waals surface area contributed by atoms with Gasteiger partial charge in [-0.15, -0.1) is 0 Å². The summed E-state index contributed by atoms with van der Waals surface area (Å²) < 4.78 is 50.6.